The minimum atomic E-state index is -0.0962. The van der Waals surface area contributed by atoms with Crippen molar-refractivity contribution in [3.8, 4) is 0 Å². The number of carbonyl (C=O) groups excluding carboxylic acids is 1. The summed E-state index contributed by atoms with van der Waals surface area (Å²) >= 11 is 5.85. The normalized spacial score (nSPS) is 10.6. The van der Waals surface area contributed by atoms with Crippen LogP contribution < -0.4 is 0 Å². The van der Waals surface area contributed by atoms with Gasteiger partial charge < -0.3 is 0 Å². The molecule has 0 amide bonds. The molecule has 0 aromatic heterocycles. The highest BCUT2D eigenvalue weighted by atomic mass is 35.5. The molecule has 0 saturated carbocycles. The molecule has 0 N–H and O–H groups in total. The number of hydrogen-bond donors (Lipinski definition) is 0. The summed E-state index contributed by atoms with van der Waals surface area (Å²) in [4.78, 5) is 12.0. The predicted molar refractivity (Wildman–Crippen MR) is 88.2 cm³/mol. The fraction of sp³-hybridized carbons (Fsp3) is 0. The van der Waals surface area contributed by atoms with Crippen LogP contribution in [-0.2, 0) is 4.79 Å². The van der Waals surface area contributed by atoms with Crippen molar-refractivity contribution in [2.45, 2.75) is 0 Å². The van der Waals surface area contributed by atoms with E-state index in [0.29, 0.717) is 10.6 Å². The highest BCUT2D eigenvalue weighted by Gasteiger charge is 2.08. The standard InChI is InChI=1S/C17H13ClO.ClH/c1-2-17(19)16(14-6-4-3-5-7-14)12-13-8-10-15(18)11-9-13;/h2-12H,1H2;1H. The largest absolute Gasteiger partial charge is 0.289 e. The van der Waals surface area contributed by atoms with E-state index in [4.69, 9.17) is 11.6 Å². The van der Waals surface area contributed by atoms with Crippen LogP contribution in [-0.4, -0.2) is 5.78 Å². The number of ketones is 1. The van der Waals surface area contributed by atoms with Gasteiger partial charge in [0, 0.05) is 10.6 Å². The van der Waals surface area contributed by atoms with E-state index in [0.717, 1.165) is 11.1 Å². The molecule has 0 saturated heterocycles. The Hall–Kier alpha value is -1.83. The molecule has 0 aliphatic carbocycles. The first-order valence-electron chi connectivity index (χ1n) is 5.90. The lowest BCUT2D eigenvalue weighted by Gasteiger charge is -2.04. The summed E-state index contributed by atoms with van der Waals surface area (Å²) in [7, 11) is 0. The van der Waals surface area contributed by atoms with Crippen molar-refractivity contribution in [3.63, 3.8) is 0 Å². The molecule has 20 heavy (non-hydrogen) atoms. The molecule has 2 aromatic carbocycles. The van der Waals surface area contributed by atoms with E-state index >= 15 is 0 Å². The fourth-order valence-electron chi connectivity index (χ4n) is 1.75. The molecule has 0 aliphatic rings. The van der Waals surface area contributed by atoms with Gasteiger partial charge in [-0.15, -0.1) is 12.4 Å². The number of hydrogen-bond acceptors (Lipinski definition) is 1. The third-order valence-corrected chi connectivity index (χ3v) is 2.97. The Labute approximate surface area is 130 Å². The van der Waals surface area contributed by atoms with E-state index in [2.05, 4.69) is 6.58 Å². The number of carbonyl (C=O) groups is 1. The van der Waals surface area contributed by atoms with Crippen LogP contribution in [0.5, 0.6) is 0 Å². The molecule has 0 spiro atoms. The van der Waals surface area contributed by atoms with E-state index in [9.17, 15) is 4.79 Å². The Morgan fingerprint density at radius 3 is 2.15 bits per heavy atom. The van der Waals surface area contributed by atoms with E-state index in [1.165, 1.54) is 6.08 Å². The Balaban J connectivity index is 0.00000200. The van der Waals surface area contributed by atoms with E-state index in [-0.39, 0.29) is 18.2 Å². The first kappa shape index (κ1) is 16.2. The Bertz CT molecular complexity index is 613. The van der Waals surface area contributed by atoms with Crippen LogP contribution in [0.3, 0.4) is 0 Å². The molecule has 0 atom stereocenters. The van der Waals surface area contributed by atoms with Crippen molar-refractivity contribution in [3.05, 3.63) is 83.4 Å². The lowest BCUT2D eigenvalue weighted by Crippen LogP contribution is -1.97. The third-order valence-electron chi connectivity index (χ3n) is 2.72. The monoisotopic (exact) mass is 304 g/mol. The molecule has 0 bridgehead atoms. The second kappa shape index (κ2) is 7.68. The Morgan fingerprint density at radius 2 is 1.60 bits per heavy atom. The molecule has 0 unspecified atom stereocenters. The maximum atomic E-state index is 12.0. The molecule has 102 valence electrons. The lowest BCUT2D eigenvalue weighted by atomic mass is 9.99. The van der Waals surface area contributed by atoms with E-state index in [1.54, 1.807) is 12.1 Å². The molecule has 1 nitrogen and oxygen atoms in total. The van der Waals surface area contributed by atoms with Gasteiger partial charge in [-0.2, -0.15) is 0 Å². The van der Waals surface area contributed by atoms with Gasteiger partial charge in [-0.05, 0) is 35.4 Å². The number of benzene rings is 2. The van der Waals surface area contributed by atoms with Crippen LogP contribution in [0.15, 0.2) is 67.3 Å². The summed E-state index contributed by atoms with van der Waals surface area (Å²) in [5.74, 6) is -0.0962. The maximum Gasteiger partial charge on any atom is 0.185 e. The van der Waals surface area contributed by atoms with Gasteiger partial charge in [0.05, 0.1) is 0 Å². The number of halogens is 2. The van der Waals surface area contributed by atoms with Crippen LogP contribution in [0.2, 0.25) is 5.02 Å². The van der Waals surface area contributed by atoms with Gasteiger partial charge >= 0.3 is 0 Å². The number of allylic oxidation sites excluding steroid dienone is 2. The zero-order chi connectivity index (χ0) is 13.7. The van der Waals surface area contributed by atoms with Crippen LogP contribution in [0, 0.1) is 0 Å². The second-order valence-electron chi connectivity index (χ2n) is 4.04. The minimum Gasteiger partial charge on any atom is -0.289 e. The highest BCUT2D eigenvalue weighted by Crippen LogP contribution is 2.20. The molecular formula is C17H14Cl2O. The molecule has 0 heterocycles. The van der Waals surface area contributed by atoms with Crippen molar-refractivity contribution in [1.82, 2.24) is 0 Å². The Kier molecular flexibility index (Phi) is 6.23. The Morgan fingerprint density at radius 1 is 1.00 bits per heavy atom. The molecule has 0 fully saturated rings. The van der Waals surface area contributed by atoms with Crippen LogP contribution >= 0.6 is 24.0 Å². The lowest BCUT2D eigenvalue weighted by molar-refractivity contribution is -0.109. The summed E-state index contributed by atoms with van der Waals surface area (Å²) in [6.07, 6.45) is 3.17. The van der Waals surface area contributed by atoms with Gasteiger partial charge in [0.1, 0.15) is 0 Å². The average Bonchev–Trinajstić information content (AvgIpc) is 2.47. The van der Waals surface area contributed by atoms with E-state index in [1.807, 2.05) is 48.5 Å². The molecule has 2 aromatic rings. The number of rotatable bonds is 4. The van der Waals surface area contributed by atoms with Crippen molar-refractivity contribution in [2.75, 3.05) is 0 Å². The van der Waals surface area contributed by atoms with Gasteiger partial charge in [0.25, 0.3) is 0 Å². The summed E-state index contributed by atoms with van der Waals surface area (Å²) in [6.45, 7) is 3.55. The zero-order valence-electron chi connectivity index (χ0n) is 10.8. The van der Waals surface area contributed by atoms with E-state index < -0.39 is 0 Å². The molecule has 3 heteroatoms. The van der Waals surface area contributed by atoms with Gasteiger partial charge in [-0.3, -0.25) is 4.79 Å². The van der Waals surface area contributed by atoms with Crippen LogP contribution in [0.1, 0.15) is 11.1 Å². The summed E-state index contributed by atoms with van der Waals surface area (Å²) < 4.78 is 0. The molecular weight excluding hydrogens is 291 g/mol. The predicted octanol–water partition coefficient (Wildman–Crippen LogP) is 5.06. The van der Waals surface area contributed by atoms with Crippen molar-refractivity contribution in [1.29, 1.82) is 0 Å². The van der Waals surface area contributed by atoms with Crippen LogP contribution in [0.4, 0.5) is 0 Å². The van der Waals surface area contributed by atoms with Gasteiger partial charge in [-0.25, -0.2) is 0 Å². The minimum absolute atomic E-state index is 0. The fourth-order valence-corrected chi connectivity index (χ4v) is 1.88. The summed E-state index contributed by atoms with van der Waals surface area (Å²) in [5, 5.41) is 0.674. The molecule has 2 rings (SSSR count). The smallest absolute Gasteiger partial charge is 0.185 e. The van der Waals surface area contributed by atoms with Gasteiger partial charge in [0.15, 0.2) is 5.78 Å². The SMILES string of the molecule is C=CC(=O)C(=Cc1ccc(Cl)cc1)c1ccccc1.Cl. The first-order chi connectivity index (χ1) is 9.20. The topological polar surface area (TPSA) is 17.1 Å². The third kappa shape index (κ3) is 4.09. The average molecular weight is 305 g/mol. The summed E-state index contributed by atoms with van der Waals surface area (Å²) in [5.41, 5.74) is 2.43. The molecule has 0 aliphatic heterocycles. The highest BCUT2D eigenvalue weighted by molar-refractivity contribution is 6.31. The van der Waals surface area contributed by atoms with Crippen LogP contribution in [0.25, 0.3) is 11.6 Å². The van der Waals surface area contributed by atoms with Crippen molar-refractivity contribution >= 4 is 41.4 Å². The summed E-state index contributed by atoms with van der Waals surface area (Å²) in [6, 6.07) is 16.9. The quantitative estimate of drug-likeness (QED) is 0.570. The van der Waals surface area contributed by atoms with Crippen molar-refractivity contribution in [2.24, 2.45) is 0 Å². The van der Waals surface area contributed by atoms with Gasteiger partial charge in [-0.1, -0.05) is 60.6 Å². The first-order valence-corrected chi connectivity index (χ1v) is 6.28. The van der Waals surface area contributed by atoms with Gasteiger partial charge in [0.2, 0.25) is 0 Å². The van der Waals surface area contributed by atoms with Crippen molar-refractivity contribution < 1.29 is 4.79 Å². The maximum absolute atomic E-state index is 12.0. The second-order valence-corrected chi connectivity index (χ2v) is 4.48. The zero-order valence-corrected chi connectivity index (χ0v) is 12.3. The molecule has 0 radical (unpaired) electrons.